The number of rotatable bonds is 5. The predicted octanol–water partition coefficient (Wildman–Crippen LogP) is 1.64. The van der Waals surface area contributed by atoms with Gasteiger partial charge in [-0.1, -0.05) is 13.8 Å². The van der Waals surface area contributed by atoms with Gasteiger partial charge in [-0.15, -0.1) is 5.10 Å². The normalized spacial score (nSPS) is 11.7. The van der Waals surface area contributed by atoms with Crippen LogP contribution in [0.5, 0.6) is 0 Å². The minimum Gasteiger partial charge on any atom is -0.481 e. The fourth-order valence-corrected chi connectivity index (χ4v) is 1.70. The number of hydrogen-bond acceptors (Lipinski definition) is 4. The van der Waals surface area contributed by atoms with Crippen LogP contribution in [0.25, 0.3) is 0 Å². The lowest BCUT2D eigenvalue weighted by molar-refractivity contribution is -0.137. The van der Waals surface area contributed by atoms with Gasteiger partial charge in [0.05, 0.1) is 6.42 Å². The largest absolute Gasteiger partial charge is 0.481 e. The molecule has 7 nitrogen and oxygen atoms in total. The molecule has 0 aromatic carbocycles. The number of aromatic amines is 1. The quantitative estimate of drug-likeness (QED) is 0.855. The molecule has 1 heterocycles. The Morgan fingerprint density at radius 1 is 1.35 bits per heavy atom. The predicted molar refractivity (Wildman–Crippen MR) is 73.5 cm³/mol. The van der Waals surface area contributed by atoms with Crippen LogP contribution >= 0.6 is 0 Å². The Bertz CT molecular complexity index is 488. The number of carboxylic acid groups (broad SMARTS) is 1. The highest BCUT2D eigenvalue weighted by Crippen LogP contribution is 2.17. The molecular weight excluding hydrogens is 260 g/mol. The van der Waals surface area contributed by atoms with Gasteiger partial charge in [-0.05, 0) is 20.8 Å². The number of carbonyl (C=O) groups excluding carboxylic acids is 1. The molecule has 1 aromatic heterocycles. The van der Waals surface area contributed by atoms with Crippen molar-refractivity contribution in [2.24, 2.45) is 0 Å². The number of aromatic nitrogens is 3. The fraction of sp³-hybridized carbons (Fsp3) is 0.692. The van der Waals surface area contributed by atoms with Crippen LogP contribution in [0, 0.1) is 0 Å². The van der Waals surface area contributed by atoms with E-state index in [-0.39, 0.29) is 30.6 Å². The van der Waals surface area contributed by atoms with Gasteiger partial charge >= 0.3 is 5.97 Å². The number of hydrogen-bond donors (Lipinski definition) is 2. The van der Waals surface area contributed by atoms with Gasteiger partial charge in [0.2, 0.25) is 5.82 Å². The summed E-state index contributed by atoms with van der Waals surface area (Å²) in [4.78, 5) is 28.8. The van der Waals surface area contributed by atoms with E-state index >= 15 is 0 Å². The van der Waals surface area contributed by atoms with Crippen LogP contribution < -0.4 is 0 Å². The first kappa shape index (κ1) is 16.1. The van der Waals surface area contributed by atoms with E-state index in [1.807, 2.05) is 34.6 Å². The molecule has 1 rings (SSSR count). The molecule has 2 N–H and O–H groups in total. The van der Waals surface area contributed by atoms with Gasteiger partial charge in [0.1, 0.15) is 5.82 Å². The molecule has 0 spiro atoms. The average Bonchev–Trinajstić information content (AvgIpc) is 2.75. The number of nitrogens with one attached hydrogen (secondary N) is 1. The van der Waals surface area contributed by atoms with Crippen LogP contribution in [0.4, 0.5) is 0 Å². The van der Waals surface area contributed by atoms with Gasteiger partial charge in [-0.2, -0.15) is 0 Å². The van der Waals surface area contributed by atoms with Gasteiger partial charge in [0.15, 0.2) is 0 Å². The summed E-state index contributed by atoms with van der Waals surface area (Å²) in [6.45, 7) is 9.57. The Kier molecular flexibility index (Phi) is 4.86. The monoisotopic (exact) mass is 282 g/mol. The molecule has 0 saturated heterocycles. The van der Waals surface area contributed by atoms with Crippen molar-refractivity contribution >= 4 is 11.9 Å². The number of H-pyrrole nitrogens is 1. The fourth-order valence-electron chi connectivity index (χ4n) is 1.70. The molecule has 0 aliphatic heterocycles. The van der Waals surface area contributed by atoms with Crippen molar-refractivity contribution < 1.29 is 14.7 Å². The molecule has 20 heavy (non-hydrogen) atoms. The maximum Gasteiger partial charge on any atom is 0.305 e. The Balaban J connectivity index is 2.94. The van der Waals surface area contributed by atoms with Crippen molar-refractivity contribution in [2.45, 2.75) is 52.5 Å². The van der Waals surface area contributed by atoms with Crippen LogP contribution in [-0.2, 0) is 4.79 Å². The minimum atomic E-state index is -0.940. The van der Waals surface area contributed by atoms with Crippen LogP contribution in [0.15, 0.2) is 0 Å². The van der Waals surface area contributed by atoms with E-state index in [0.717, 1.165) is 0 Å². The first-order valence-electron chi connectivity index (χ1n) is 6.59. The third-order valence-corrected chi connectivity index (χ3v) is 2.85. The topological polar surface area (TPSA) is 99.2 Å². The van der Waals surface area contributed by atoms with Crippen LogP contribution in [0.1, 0.15) is 63.4 Å². The first-order valence-corrected chi connectivity index (χ1v) is 6.59. The molecule has 0 bridgehead atoms. The summed E-state index contributed by atoms with van der Waals surface area (Å²) < 4.78 is 0. The zero-order valence-electron chi connectivity index (χ0n) is 12.6. The summed E-state index contributed by atoms with van der Waals surface area (Å²) in [6.07, 6.45) is -0.107. The Labute approximate surface area is 118 Å². The molecule has 0 saturated carbocycles. The second-order valence-corrected chi connectivity index (χ2v) is 5.97. The molecule has 0 fully saturated rings. The molecule has 112 valence electrons. The van der Waals surface area contributed by atoms with Crippen LogP contribution in [-0.4, -0.2) is 49.1 Å². The van der Waals surface area contributed by atoms with E-state index in [1.165, 1.54) is 4.90 Å². The van der Waals surface area contributed by atoms with Crippen LogP contribution in [0.3, 0.4) is 0 Å². The maximum absolute atomic E-state index is 12.4. The number of carboxylic acids is 1. The van der Waals surface area contributed by atoms with Gasteiger partial charge in [-0.25, -0.2) is 4.98 Å². The molecule has 0 aliphatic rings. The van der Waals surface area contributed by atoms with E-state index in [1.54, 1.807) is 0 Å². The number of nitrogens with zero attached hydrogens (tertiary/aromatic N) is 3. The van der Waals surface area contributed by atoms with E-state index in [9.17, 15) is 9.59 Å². The lowest BCUT2D eigenvalue weighted by Gasteiger charge is -2.34. The van der Waals surface area contributed by atoms with Crippen molar-refractivity contribution in [1.82, 2.24) is 20.1 Å². The van der Waals surface area contributed by atoms with Gasteiger partial charge in [0, 0.05) is 18.0 Å². The second-order valence-electron chi connectivity index (χ2n) is 5.97. The highest BCUT2D eigenvalue weighted by Gasteiger charge is 2.30. The molecule has 1 aromatic rings. The van der Waals surface area contributed by atoms with Crippen LogP contribution in [0.2, 0.25) is 0 Å². The summed E-state index contributed by atoms with van der Waals surface area (Å²) in [7, 11) is 0. The van der Waals surface area contributed by atoms with Gasteiger partial charge in [-0.3, -0.25) is 14.7 Å². The summed E-state index contributed by atoms with van der Waals surface area (Å²) in [6, 6.07) is 0. The third kappa shape index (κ3) is 4.04. The molecule has 0 unspecified atom stereocenters. The third-order valence-electron chi connectivity index (χ3n) is 2.85. The molecule has 0 radical (unpaired) electrons. The summed E-state index contributed by atoms with van der Waals surface area (Å²) in [5, 5.41) is 15.4. The molecule has 1 amide bonds. The van der Waals surface area contributed by atoms with E-state index in [4.69, 9.17) is 5.11 Å². The lowest BCUT2D eigenvalue weighted by Crippen LogP contribution is -2.47. The van der Waals surface area contributed by atoms with E-state index < -0.39 is 11.5 Å². The van der Waals surface area contributed by atoms with Crippen molar-refractivity contribution in [3.05, 3.63) is 11.6 Å². The summed E-state index contributed by atoms with van der Waals surface area (Å²) in [5.41, 5.74) is -0.495. The minimum absolute atomic E-state index is 0.0778. The lowest BCUT2D eigenvalue weighted by atomic mass is 10.1. The summed E-state index contributed by atoms with van der Waals surface area (Å²) in [5.74, 6) is -0.438. The first-order chi connectivity index (χ1) is 9.12. The number of amides is 1. The average molecular weight is 282 g/mol. The highest BCUT2D eigenvalue weighted by atomic mass is 16.4. The Hall–Kier alpha value is -1.92. The Morgan fingerprint density at radius 3 is 2.35 bits per heavy atom. The standard InChI is InChI=1S/C13H22N4O3/c1-8(2)10-14-11(16-15-10)12(20)17(13(3,4)5)7-6-9(18)19/h8H,6-7H2,1-5H3,(H,18,19)(H,14,15,16). The molecule has 0 aliphatic carbocycles. The molecule has 0 atom stereocenters. The van der Waals surface area contributed by atoms with Gasteiger partial charge in [0.25, 0.3) is 5.91 Å². The molecular formula is C13H22N4O3. The number of aliphatic carboxylic acids is 1. The Morgan fingerprint density at radius 2 is 1.95 bits per heavy atom. The number of carbonyl (C=O) groups is 2. The zero-order valence-corrected chi connectivity index (χ0v) is 12.6. The van der Waals surface area contributed by atoms with Crippen molar-refractivity contribution in [3.63, 3.8) is 0 Å². The highest BCUT2D eigenvalue weighted by molar-refractivity contribution is 5.91. The SMILES string of the molecule is CC(C)c1nc(C(=O)N(CCC(=O)O)C(C)(C)C)n[nH]1. The van der Waals surface area contributed by atoms with E-state index in [2.05, 4.69) is 15.2 Å². The van der Waals surface area contributed by atoms with Crippen molar-refractivity contribution in [2.75, 3.05) is 6.54 Å². The van der Waals surface area contributed by atoms with Crippen molar-refractivity contribution in [1.29, 1.82) is 0 Å². The zero-order chi connectivity index (χ0) is 15.5. The molecule has 7 heteroatoms. The smallest absolute Gasteiger partial charge is 0.305 e. The summed E-state index contributed by atoms with van der Waals surface area (Å²) >= 11 is 0. The van der Waals surface area contributed by atoms with Gasteiger partial charge < -0.3 is 10.0 Å². The second kappa shape index (κ2) is 6.02. The maximum atomic E-state index is 12.4. The van der Waals surface area contributed by atoms with Crippen molar-refractivity contribution in [3.8, 4) is 0 Å². The van der Waals surface area contributed by atoms with E-state index in [0.29, 0.717) is 5.82 Å².